The first-order valence-corrected chi connectivity index (χ1v) is 8.50. The molecule has 24 heavy (non-hydrogen) atoms. The van der Waals surface area contributed by atoms with E-state index in [0.717, 1.165) is 43.3 Å². The zero-order chi connectivity index (χ0) is 17.1. The zero-order valence-corrected chi connectivity index (χ0v) is 14.6. The first-order chi connectivity index (χ1) is 11.5. The van der Waals surface area contributed by atoms with Gasteiger partial charge in [-0.25, -0.2) is 9.78 Å². The second-order valence-corrected chi connectivity index (χ2v) is 6.92. The number of rotatable bonds is 5. The summed E-state index contributed by atoms with van der Waals surface area (Å²) in [6.45, 7) is 9.49. The third kappa shape index (κ3) is 3.58. The van der Waals surface area contributed by atoms with E-state index < -0.39 is 0 Å². The average molecular weight is 327 g/mol. The lowest BCUT2D eigenvalue weighted by Gasteiger charge is -2.39. The monoisotopic (exact) mass is 327 g/mol. The summed E-state index contributed by atoms with van der Waals surface area (Å²) in [5.41, 5.74) is 2.22. The van der Waals surface area contributed by atoms with Gasteiger partial charge in [-0.3, -0.25) is 4.98 Å². The van der Waals surface area contributed by atoms with Gasteiger partial charge >= 0.3 is 6.03 Å². The van der Waals surface area contributed by atoms with Crippen molar-refractivity contribution in [2.24, 2.45) is 11.8 Å². The van der Waals surface area contributed by atoms with E-state index >= 15 is 0 Å². The van der Waals surface area contributed by atoms with Crippen molar-refractivity contribution in [3.63, 3.8) is 0 Å². The molecule has 0 aromatic carbocycles. The molecule has 128 valence electrons. The molecule has 0 atom stereocenters. The molecular formula is C18H25N5O. The van der Waals surface area contributed by atoms with Crippen LogP contribution in [0.15, 0.2) is 30.7 Å². The van der Waals surface area contributed by atoms with Crippen molar-refractivity contribution in [3.8, 4) is 11.4 Å². The number of nitrogens with zero attached hydrogens (tertiary/aromatic N) is 4. The number of aromatic nitrogens is 3. The molecule has 0 bridgehead atoms. The van der Waals surface area contributed by atoms with Gasteiger partial charge in [0, 0.05) is 61.9 Å². The maximum Gasteiger partial charge on any atom is 0.317 e. The van der Waals surface area contributed by atoms with Crippen LogP contribution in [0, 0.1) is 18.8 Å². The van der Waals surface area contributed by atoms with E-state index in [0.29, 0.717) is 11.8 Å². The molecule has 0 aliphatic carbocycles. The van der Waals surface area contributed by atoms with Gasteiger partial charge in [0.15, 0.2) is 0 Å². The Morgan fingerprint density at radius 2 is 2.04 bits per heavy atom. The highest BCUT2D eigenvalue weighted by molar-refractivity contribution is 5.75. The zero-order valence-electron chi connectivity index (χ0n) is 14.6. The van der Waals surface area contributed by atoms with Crippen molar-refractivity contribution in [3.05, 3.63) is 36.4 Å². The summed E-state index contributed by atoms with van der Waals surface area (Å²) in [5, 5.41) is 2.97. The van der Waals surface area contributed by atoms with E-state index in [1.807, 2.05) is 23.2 Å². The van der Waals surface area contributed by atoms with Crippen LogP contribution in [0.25, 0.3) is 11.4 Å². The predicted octanol–water partition coefficient (Wildman–Crippen LogP) is 2.55. The molecule has 3 rings (SSSR count). The van der Waals surface area contributed by atoms with Crippen LogP contribution >= 0.6 is 0 Å². The van der Waals surface area contributed by atoms with E-state index in [-0.39, 0.29) is 6.03 Å². The highest BCUT2D eigenvalue weighted by Gasteiger charge is 2.31. The third-order valence-electron chi connectivity index (χ3n) is 4.34. The Labute approximate surface area is 142 Å². The second-order valence-electron chi connectivity index (χ2n) is 6.92. The Morgan fingerprint density at radius 1 is 1.33 bits per heavy atom. The minimum absolute atomic E-state index is 0.0525. The highest BCUT2D eigenvalue weighted by Crippen LogP contribution is 2.24. The smallest absolute Gasteiger partial charge is 0.317 e. The number of hydrogen-bond donors (Lipinski definition) is 1. The molecule has 1 fully saturated rings. The summed E-state index contributed by atoms with van der Waals surface area (Å²) < 4.78 is 2.24. The van der Waals surface area contributed by atoms with Crippen molar-refractivity contribution < 1.29 is 4.79 Å². The summed E-state index contributed by atoms with van der Waals surface area (Å²) in [7, 11) is 0. The maximum absolute atomic E-state index is 12.0. The van der Waals surface area contributed by atoms with Crippen molar-refractivity contribution in [1.82, 2.24) is 24.8 Å². The van der Waals surface area contributed by atoms with Gasteiger partial charge < -0.3 is 14.8 Å². The molecule has 0 radical (unpaired) electrons. The number of carbonyl (C=O) groups excluding carboxylic acids is 1. The number of likely N-dealkylation sites (tertiary alicyclic amines) is 1. The van der Waals surface area contributed by atoms with Crippen molar-refractivity contribution in [1.29, 1.82) is 0 Å². The SMILES string of the molecule is Cc1cnc(-c2ccncc2)n1CC1CN(C(=O)NCC(C)C)C1. The Kier molecular flexibility index (Phi) is 4.83. The molecule has 0 saturated carbocycles. The van der Waals surface area contributed by atoms with Gasteiger partial charge in [0.05, 0.1) is 0 Å². The van der Waals surface area contributed by atoms with E-state index in [4.69, 9.17) is 0 Å². The molecule has 2 aromatic rings. The molecule has 0 spiro atoms. The number of carbonyl (C=O) groups is 1. The molecule has 2 amide bonds. The van der Waals surface area contributed by atoms with Crippen molar-refractivity contribution in [2.75, 3.05) is 19.6 Å². The minimum Gasteiger partial charge on any atom is -0.338 e. The topological polar surface area (TPSA) is 63.1 Å². The number of amides is 2. The normalized spacial score (nSPS) is 14.8. The van der Waals surface area contributed by atoms with Gasteiger partial charge in [0.2, 0.25) is 0 Å². The molecule has 2 aromatic heterocycles. The number of pyridine rings is 1. The van der Waals surface area contributed by atoms with Crippen LogP contribution in [0.2, 0.25) is 0 Å². The third-order valence-corrected chi connectivity index (χ3v) is 4.34. The molecule has 6 nitrogen and oxygen atoms in total. The summed E-state index contributed by atoms with van der Waals surface area (Å²) in [6, 6.07) is 4.01. The predicted molar refractivity (Wildman–Crippen MR) is 93.5 cm³/mol. The van der Waals surface area contributed by atoms with E-state index in [1.54, 1.807) is 12.4 Å². The van der Waals surface area contributed by atoms with E-state index in [9.17, 15) is 4.79 Å². The van der Waals surface area contributed by atoms with E-state index in [1.165, 1.54) is 0 Å². The van der Waals surface area contributed by atoms with Gasteiger partial charge in [0.1, 0.15) is 5.82 Å². The van der Waals surface area contributed by atoms with Gasteiger partial charge in [-0.1, -0.05) is 13.8 Å². The summed E-state index contributed by atoms with van der Waals surface area (Å²) in [5.74, 6) is 1.92. The minimum atomic E-state index is 0.0525. The first kappa shape index (κ1) is 16.5. The lowest BCUT2D eigenvalue weighted by Crippen LogP contribution is -2.55. The summed E-state index contributed by atoms with van der Waals surface area (Å²) in [6.07, 6.45) is 5.48. The number of urea groups is 1. The van der Waals surface area contributed by atoms with Crippen LogP contribution < -0.4 is 5.32 Å². The standard InChI is InChI=1S/C18H25N5O/c1-13(2)8-21-18(24)22-10-15(11-22)12-23-14(3)9-20-17(23)16-4-6-19-7-5-16/h4-7,9,13,15H,8,10-12H2,1-3H3,(H,21,24). The van der Waals surface area contributed by atoms with Crippen LogP contribution in [0.3, 0.4) is 0 Å². The fourth-order valence-electron chi connectivity index (χ4n) is 2.94. The Morgan fingerprint density at radius 3 is 2.71 bits per heavy atom. The second kappa shape index (κ2) is 7.03. The summed E-state index contributed by atoms with van der Waals surface area (Å²) >= 11 is 0. The quantitative estimate of drug-likeness (QED) is 0.918. The number of aryl methyl sites for hydroxylation is 1. The number of nitrogens with one attached hydrogen (secondary N) is 1. The van der Waals surface area contributed by atoms with Gasteiger partial charge in [-0.15, -0.1) is 0 Å². The lowest BCUT2D eigenvalue weighted by molar-refractivity contribution is 0.110. The van der Waals surface area contributed by atoms with Crippen LogP contribution in [-0.2, 0) is 6.54 Å². The Hall–Kier alpha value is -2.37. The largest absolute Gasteiger partial charge is 0.338 e. The summed E-state index contributed by atoms with van der Waals surface area (Å²) in [4.78, 5) is 22.5. The molecular weight excluding hydrogens is 302 g/mol. The molecule has 3 heterocycles. The number of hydrogen-bond acceptors (Lipinski definition) is 3. The van der Waals surface area contributed by atoms with Crippen molar-refractivity contribution >= 4 is 6.03 Å². The molecule has 1 aliphatic rings. The molecule has 1 aliphatic heterocycles. The molecule has 1 N–H and O–H groups in total. The molecule has 1 saturated heterocycles. The van der Waals surface area contributed by atoms with Crippen LogP contribution in [-0.4, -0.2) is 45.1 Å². The lowest BCUT2D eigenvalue weighted by atomic mass is 10.0. The van der Waals surface area contributed by atoms with Crippen LogP contribution in [0.4, 0.5) is 4.79 Å². The number of imidazole rings is 1. The van der Waals surface area contributed by atoms with Crippen molar-refractivity contribution in [2.45, 2.75) is 27.3 Å². The van der Waals surface area contributed by atoms with Crippen LogP contribution in [0.5, 0.6) is 0 Å². The fourth-order valence-corrected chi connectivity index (χ4v) is 2.94. The highest BCUT2D eigenvalue weighted by atomic mass is 16.2. The fraction of sp³-hybridized carbons (Fsp3) is 0.500. The molecule has 6 heteroatoms. The van der Waals surface area contributed by atoms with E-state index in [2.05, 4.69) is 40.6 Å². The average Bonchev–Trinajstić information content (AvgIpc) is 2.90. The Balaban J connectivity index is 1.59. The maximum atomic E-state index is 12.0. The van der Waals surface area contributed by atoms with Crippen LogP contribution in [0.1, 0.15) is 19.5 Å². The van der Waals surface area contributed by atoms with Gasteiger partial charge in [-0.2, -0.15) is 0 Å². The van der Waals surface area contributed by atoms with Gasteiger partial charge in [-0.05, 0) is 25.0 Å². The first-order valence-electron chi connectivity index (χ1n) is 8.50. The molecule has 0 unspecified atom stereocenters. The van der Waals surface area contributed by atoms with Gasteiger partial charge in [0.25, 0.3) is 0 Å². The Bertz CT molecular complexity index is 689.